The first-order valence-corrected chi connectivity index (χ1v) is 4.17. The second-order valence-corrected chi connectivity index (χ2v) is 3.19. The molecule has 3 nitrogen and oxygen atoms in total. The number of hydrogen-bond acceptors (Lipinski definition) is 3. The van der Waals surface area contributed by atoms with E-state index in [-0.39, 0.29) is 0 Å². The fourth-order valence-corrected chi connectivity index (χ4v) is 1.28. The monoisotopic (exact) mass is 224 g/mol. The van der Waals surface area contributed by atoms with Crippen molar-refractivity contribution >= 4 is 15.9 Å². The van der Waals surface area contributed by atoms with E-state index < -0.39 is 0 Å². The smallest absolute Gasteiger partial charge is 0.124 e. The minimum Gasteiger partial charge on any atom is -0.364 e. The molecule has 60 valence electrons. The highest BCUT2D eigenvalue weighted by Gasteiger charge is 2.00. The molecule has 0 saturated heterocycles. The summed E-state index contributed by atoms with van der Waals surface area (Å²) in [5, 5.41) is 3.79. The first kappa shape index (κ1) is 7.49. The SMILES string of the molecule is Brc1cncc(-c2ccon2)c1. The Kier molecular flexibility index (Phi) is 1.91. The molecule has 0 fully saturated rings. The summed E-state index contributed by atoms with van der Waals surface area (Å²) in [6.07, 6.45) is 5.00. The van der Waals surface area contributed by atoms with Gasteiger partial charge in [-0.1, -0.05) is 5.16 Å². The van der Waals surface area contributed by atoms with E-state index in [1.54, 1.807) is 18.5 Å². The molecule has 0 bridgehead atoms. The van der Waals surface area contributed by atoms with Crippen molar-refractivity contribution in [1.29, 1.82) is 0 Å². The molecule has 0 amide bonds. The van der Waals surface area contributed by atoms with Crippen LogP contribution < -0.4 is 0 Å². The summed E-state index contributed by atoms with van der Waals surface area (Å²) >= 11 is 3.33. The van der Waals surface area contributed by atoms with Crippen LogP contribution in [0.2, 0.25) is 0 Å². The molecule has 0 aromatic carbocycles. The van der Waals surface area contributed by atoms with E-state index in [1.165, 1.54) is 6.26 Å². The Labute approximate surface area is 77.5 Å². The average molecular weight is 225 g/mol. The van der Waals surface area contributed by atoms with Gasteiger partial charge in [0.15, 0.2) is 0 Å². The highest BCUT2D eigenvalue weighted by molar-refractivity contribution is 9.10. The number of rotatable bonds is 1. The predicted molar refractivity (Wildman–Crippen MR) is 47.4 cm³/mol. The van der Waals surface area contributed by atoms with E-state index >= 15 is 0 Å². The second kappa shape index (κ2) is 3.06. The summed E-state index contributed by atoms with van der Waals surface area (Å²) in [7, 11) is 0. The van der Waals surface area contributed by atoms with Crippen LogP contribution in [0.25, 0.3) is 11.3 Å². The lowest BCUT2D eigenvalue weighted by Crippen LogP contribution is -1.78. The summed E-state index contributed by atoms with van der Waals surface area (Å²) in [6, 6.07) is 3.73. The molecular weight excluding hydrogens is 220 g/mol. The molecule has 2 rings (SSSR count). The number of hydrogen-bond donors (Lipinski definition) is 0. The minimum absolute atomic E-state index is 0.795. The highest BCUT2D eigenvalue weighted by atomic mass is 79.9. The average Bonchev–Trinajstić information content (AvgIpc) is 2.56. The van der Waals surface area contributed by atoms with Crippen molar-refractivity contribution in [2.45, 2.75) is 0 Å². The molecule has 12 heavy (non-hydrogen) atoms. The van der Waals surface area contributed by atoms with Crippen molar-refractivity contribution in [3.05, 3.63) is 35.3 Å². The number of nitrogens with zero attached hydrogens (tertiary/aromatic N) is 2. The van der Waals surface area contributed by atoms with E-state index in [0.717, 1.165) is 15.7 Å². The summed E-state index contributed by atoms with van der Waals surface area (Å²) in [5.74, 6) is 0. The van der Waals surface area contributed by atoms with Crippen molar-refractivity contribution in [2.75, 3.05) is 0 Å². The van der Waals surface area contributed by atoms with E-state index in [2.05, 4.69) is 26.1 Å². The van der Waals surface area contributed by atoms with Gasteiger partial charge in [0.1, 0.15) is 12.0 Å². The Hall–Kier alpha value is -1.16. The van der Waals surface area contributed by atoms with Gasteiger partial charge in [-0.05, 0) is 22.0 Å². The van der Waals surface area contributed by atoms with Crippen molar-refractivity contribution in [3.8, 4) is 11.3 Å². The van der Waals surface area contributed by atoms with Crippen molar-refractivity contribution in [1.82, 2.24) is 10.1 Å². The summed E-state index contributed by atoms with van der Waals surface area (Å²) in [4.78, 5) is 4.01. The topological polar surface area (TPSA) is 38.9 Å². The molecule has 0 atom stereocenters. The van der Waals surface area contributed by atoms with Crippen LogP contribution >= 0.6 is 15.9 Å². The maximum atomic E-state index is 4.72. The van der Waals surface area contributed by atoms with Gasteiger partial charge in [0.05, 0.1) is 0 Å². The maximum absolute atomic E-state index is 4.72. The third-order valence-corrected chi connectivity index (χ3v) is 1.87. The Morgan fingerprint density at radius 3 is 2.92 bits per heavy atom. The quantitative estimate of drug-likeness (QED) is 0.748. The van der Waals surface area contributed by atoms with Crippen molar-refractivity contribution < 1.29 is 4.52 Å². The van der Waals surface area contributed by atoms with Gasteiger partial charge in [-0.25, -0.2) is 0 Å². The van der Waals surface area contributed by atoms with E-state index in [0.29, 0.717) is 0 Å². The molecule has 0 aliphatic rings. The normalized spacial score (nSPS) is 10.1. The zero-order valence-electron chi connectivity index (χ0n) is 6.07. The molecule has 0 aliphatic heterocycles. The van der Waals surface area contributed by atoms with Gasteiger partial charge >= 0.3 is 0 Å². The van der Waals surface area contributed by atoms with Crippen molar-refractivity contribution in [2.24, 2.45) is 0 Å². The molecule has 0 radical (unpaired) electrons. The third-order valence-electron chi connectivity index (χ3n) is 1.44. The lowest BCUT2D eigenvalue weighted by molar-refractivity contribution is 0.422. The van der Waals surface area contributed by atoms with Crippen LogP contribution in [0, 0.1) is 0 Å². The largest absolute Gasteiger partial charge is 0.364 e. The zero-order chi connectivity index (χ0) is 8.39. The molecule has 2 aromatic heterocycles. The van der Waals surface area contributed by atoms with Crippen LogP contribution in [0.3, 0.4) is 0 Å². The second-order valence-electron chi connectivity index (χ2n) is 2.28. The van der Waals surface area contributed by atoms with Gasteiger partial charge in [-0.15, -0.1) is 0 Å². The number of halogens is 1. The molecule has 4 heteroatoms. The minimum atomic E-state index is 0.795. The molecule has 2 heterocycles. The highest BCUT2D eigenvalue weighted by Crippen LogP contribution is 2.19. The fraction of sp³-hybridized carbons (Fsp3) is 0. The predicted octanol–water partition coefficient (Wildman–Crippen LogP) is 2.50. The van der Waals surface area contributed by atoms with Gasteiger partial charge in [-0.2, -0.15) is 0 Å². The molecule has 0 saturated carbocycles. The lowest BCUT2D eigenvalue weighted by Gasteiger charge is -1.93. The molecule has 0 spiro atoms. The van der Waals surface area contributed by atoms with Crippen LogP contribution in [0.1, 0.15) is 0 Å². The standard InChI is InChI=1S/C8H5BrN2O/c9-7-3-6(4-10-5-7)8-1-2-12-11-8/h1-5H. The summed E-state index contributed by atoms with van der Waals surface area (Å²) in [6.45, 7) is 0. The number of pyridine rings is 1. The van der Waals surface area contributed by atoms with Gasteiger partial charge in [0.2, 0.25) is 0 Å². The summed E-state index contributed by atoms with van der Waals surface area (Å²) in [5.41, 5.74) is 1.74. The Morgan fingerprint density at radius 1 is 1.33 bits per heavy atom. The van der Waals surface area contributed by atoms with Gasteiger partial charge in [0, 0.05) is 28.5 Å². The molecule has 2 aromatic rings. The molecule has 0 aliphatic carbocycles. The molecule has 0 unspecified atom stereocenters. The molecular formula is C8H5BrN2O. The molecule has 0 N–H and O–H groups in total. The number of aromatic nitrogens is 2. The van der Waals surface area contributed by atoms with Crippen LogP contribution in [0.15, 0.2) is 39.8 Å². The maximum Gasteiger partial charge on any atom is 0.124 e. The zero-order valence-corrected chi connectivity index (χ0v) is 7.65. The Bertz CT molecular complexity index is 372. The van der Waals surface area contributed by atoms with Gasteiger partial charge in [0.25, 0.3) is 0 Å². The van der Waals surface area contributed by atoms with Crippen molar-refractivity contribution in [3.63, 3.8) is 0 Å². The summed E-state index contributed by atoms with van der Waals surface area (Å²) < 4.78 is 5.65. The van der Waals surface area contributed by atoms with E-state index in [9.17, 15) is 0 Å². The van der Waals surface area contributed by atoms with E-state index in [4.69, 9.17) is 4.52 Å². The first-order valence-electron chi connectivity index (χ1n) is 3.37. The van der Waals surface area contributed by atoms with Crippen LogP contribution in [-0.2, 0) is 0 Å². The van der Waals surface area contributed by atoms with Crippen LogP contribution in [0.4, 0.5) is 0 Å². The fourth-order valence-electron chi connectivity index (χ4n) is 0.913. The third kappa shape index (κ3) is 1.38. The van der Waals surface area contributed by atoms with Gasteiger partial charge in [-0.3, -0.25) is 4.98 Å². The Morgan fingerprint density at radius 2 is 2.25 bits per heavy atom. The first-order chi connectivity index (χ1) is 5.86. The van der Waals surface area contributed by atoms with Crippen LogP contribution in [-0.4, -0.2) is 10.1 Å². The Balaban J connectivity index is 2.48. The van der Waals surface area contributed by atoms with Gasteiger partial charge < -0.3 is 4.52 Å². The van der Waals surface area contributed by atoms with E-state index in [1.807, 2.05) is 6.07 Å². The lowest BCUT2D eigenvalue weighted by atomic mass is 10.2. The van der Waals surface area contributed by atoms with Crippen LogP contribution in [0.5, 0.6) is 0 Å².